The first-order valence-electron chi connectivity index (χ1n) is 6.41. The molecule has 0 bridgehead atoms. The molecule has 0 unspecified atom stereocenters. The first-order chi connectivity index (χ1) is 7.57. The number of esters is 1. The van der Waals surface area contributed by atoms with Gasteiger partial charge in [-0.05, 0) is 31.1 Å². The van der Waals surface area contributed by atoms with E-state index in [-0.39, 0.29) is 17.5 Å². The Kier molecular flexibility index (Phi) is 2.40. The average Bonchev–Trinajstić information content (AvgIpc) is 2.59. The second-order valence-corrected chi connectivity index (χ2v) is 7.24. The molecule has 90 valence electrons. The molecule has 2 aliphatic carbocycles. The molecule has 3 heteroatoms. The summed E-state index contributed by atoms with van der Waals surface area (Å²) in [5.41, 5.74) is 0.487. The standard InChI is InChI=1S/C13H19BrO2/c1-12-5-2-3-6-13(12)8-10(15)16-11(13)9(14)4-7-12/h9,11H,2-8H2,1H3/t9-,11+,12+,13+/m1/s1. The summed E-state index contributed by atoms with van der Waals surface area (Å²) < 4.78 is 5.62. The predicted molar refractivity (Wildman–Crippen MR) is 65.5 cm³/mol. The largest absolute Gasteiger partial charge is 0.461 e. The summed E-state index contributed by atoms with van der Waals surface area (Å²) in [6.07, 6.45) is 8.25. The molecule has 0 amide bonds. The van der Waals surface area contributed by atoms with Gasteiger partial charge in [0.05, 0.1) is 11.2 Å². The van der Waals surface area contributed by atoms with Crippen LogP contribution in [0.3, 0.4) is 0 Å². The fraction of sp³-hybridized carbons (Fsp3) is 0.923. The highest BCUT2D eigenvalue weighted by molar-refractivity contribution is 9.09. The zero-order valence-corrected chi connectivity index (χ0v) is 11.4. The lowest BCUT2D eigenvalue weighted by Crippen LogP contribution is -2.54. The molecule has 1 aliphatic heterocycles. The molecule has 2 saturated carbocycles. The van der Waals surface area contributed by atoms with Crippen LogP contribution in [0.4, 0.5) is 0 Å². The van der Waals surface area contributed by atoms with Crippen LogP contribution in [0, 0.1) is 10.8 Å². The van der Waals surface area contributed by atoms with Gasteiger partial charge in [-0.3, -0.25) is 4.79 Å². The maximum atomic E-state index is 11.7. The van der Waals surface area contributed by atoms with E-state index >= 15 is 0 Å². The zero-order chi connectivity index (χ0) is 11.4. The minimum Gasteiger partial charge on any atom is -0.461 e. The van der Waals surface area contributed by atoms with Crippen LogP contribution in [0.25, 0.3) is 0 Å². The van der Waals surface area contributed by atoms with Gasteiger partial charge < -0.3 is 4.74 Å². The molecule has 0 aromatic rings. The van der Waals surface area contributed by atoms with Crippen molar-refractivity contribution in [3.63, 3.8) is 0 Å². The van der Waals surface area contributed by atoms with Crippen LogP contribution in [0.1, 0.15) is 51.9 Å². The summed E-state index contributed by atoms with van der Waals surface area (Å²) in [6, 6.07) is 0. The van der Waals surface area contributed by atoms with E-state index in [0.717, 1.165) is 6.42 Å². The SMILES string of the molecule is C[C@@]12CCCC[C@@]13CC(=O)O[C@H]3[C@H](Br)CC2. The van der Waals surface area contributed by atoms with Crippen molar-refractivity contribution in [1.82, 2.24) is 0 Å². The molecule has 3 rings (SSSR count). The molecule has 0 aromatic carbocycles. The molecular weight excluding hydrogens is 268 g/mol. The van der Waals surface area contributed by atoms with Gasteiger partial charge >= 0.3 is 5.97 Å². The molecule has 0 N–H and O–H groups in total. The molecule has 1 heterocycles. The van der Waals surface area contributed by atoms with Gasteiger partial charge in [0.15, 0.2) is 0 Å². The van der Waals surface area contributed by atoms with E-state index in [4.69, 9.17) is 4.74 Å². The molecule has 16 heavy (non-hydrogen) atoms. The van der Waals surface area contributed by atoms with Crippen LogP contribution in [-0.2, 0) is 9.53 Å². The summed E-state index contributed by atoms with van der Waals surface area (Å²) in [5, 5.41) is 0. The highest BCUT2D eigenvalue weighted by atomic mass is 79.9. The highest BCUT2D eigenvalue weighted by Gasteiger charge is 2.63. The highest BCUT2D eigenvalue weighted by Crippen LogP contribution is 2.64. The monoisotopic (exact) mass is 286 g/mol. The molecule has 1 saturated heterocycles. The Morgan fingerprint density at radius 2 is 2.06 bits per heavy atom. The maximum Gasteiger partial charge on any atom is 0.306 e. The third kappa shape index (κ3) is 1.27. The molecule has 2 nitrogen and oxygen atoms in total. The molecule has 3 aliphatic rings. The van der Waals surface area contributed by atoms with Crippen LogP contribution >= 0.6 is 15.9 Å². The Hall–Kier alpha value is -0.0500. The smallest absolute Gasteiger partial charge is 0.306 e. The molecule has 1 spiro atoms. The number of carbonyl (C=O) groups excluding carboxylic acids is 1. The Labute approximate surface area is 105 Å². The second kappa shape index (κ2) is 3.47. The van der Waals surface area contributed by atoms with Crippen LogP contribution in [-0.4, -0.2) is 16.9 Å². The number of rotatable bonds is 0. The third-order valence-corrected chi connectivity index (χ3v) is 6.30. The Morgan fingerprint density at radius 1 is 1.31 bits per heavy atom. The molecule has 0 aromatic heterocycles. The van der Waals surface area contributed by atoms with Gasteiger partial charge in [0.25, 0.3) is 0 Å². The average molecular weight is 287 g/mol. The lowest BCUT2D eigenvalue weighted by Gasteiger charge is -2.56. The first kappa shape index (κ1) is 11.1. The van der Waals surface area contributed by atoms with Gasteiger partial charge in [-0.15, -0.1) is 0 Å². The van der Waals surface area contributed by atoms with Gasteiger partial charge in [0, 0.05) is 5.41 Å². The second-order valence-electron chi connectivity index (χ2n) is 6.07. The predicted octanol–water partition coefficient (Wildman–Crippen LogP) is 3.43. The van der Waals surface area contributed by atoms with E-state index in [1.54, 1.807) is 0 Å². The lowest BCUT2D eigenvalue weighted by molar-refractivity contribution is -0.144. The van der Waals surface area contributed by atoms with Crippen LogP contribution < -0.4 is 0 Å². The van der Waals surface area contributed by atoms with Crippen molar-refractivity contribution in [3.05, 3.63) is 0 Å². The number of hydrogen-bond donors (Lipinski definition) is 0. The van der Waals surface area contributed by atoms with Crippen molar-refractivity contribution < 1.29 is 9.53 Å². The van der Waals surface area contributed by atoms with Crippen molar-refractivity contribution in [1.29, 1.82) is 0 Å². The van der Waals surface area contributed by atoms with E-state index in [0.29, 0.717) is 16.7 Å². The fourth-order valence-corrected chi connectivity index (χ4v) is 5.19. The summed E-state index contributed by atoms with van der Waals surface area (Å²) in [7, 11) is 0. The van der Waals surface area contributed by atoms with E-state index in [1.807, 2.05) is 0 Å². The number of alkyl halides is 1. The van der Waals surface area contributed by atoms with Crippen molar-refractivity contribution in [2.45, 2.75) is 62.8 Å². The summed E-state index contributed by atoms with van der Waals surface area (Å²) in [6.45, 7) is 2.39. The minimum atomic E-state index is 0.0319. The van der Waals surface area contributed by atoms with E-state index < -0.39 is 0 Å². The number of carbonyl (C=O) groups is 1. The van der Waals surface area contributed by atoms with Gasteiger partial charge in [0.2, 0.25) is 0 Å². The van der Waals surface area contributed by atoms with Crippen molar-refractivity contribution in [2.75, 3.05) is 0 Å². The molecule has 3 fully saturated rings. The number of halogens is 1. The Bertz CT molecular complexity index is 330. The van der Waals surface area contributed by atoms with Crippen molar-refractivity contribution >= 4 is 21.9 Å². The maximum absolute atomic E-state index is 11.7. The van der Waals surface area contributed by atoms with Gasteiger partial charge in [-0.1, -0.05) is 35.7 Å². The third-order valence-electron chi connectivity index (χ3n) is 5.37. The first-order valence-corrected chi connectivity index (χ1v) is 7.33. The van der Waals surface area contributed by atoms with E-state index in [2.05, 4.69) is 22.9 Å². The normalized spacial score (nSPS) is 51.8. The minimum absolute atomic E-state index is 0.0319. The van der Waals surface area contributed by atoms with E-state index in [1.165, 1.54) is 32.1 Å². The molecular formula is C13H19BrO2. The number of ether oxygens (including phenoxy) is 1. The fourth-order valence-electron chi connectivity index (χ4n) is 4.35. The van der Waals surface area contributed by atoms with Gasteiger partial charge in [-0.25, -0.2) is 0 Å². The quantitative estimate of drug-likeness (QED) is 0.504. The van der Waals surface area contributed by atoms with Gasteiger partial charge in [-0.2, -0.15) is 0 Å². The van der Waals surface area contributed by atoms with Gasteiger partial charge in [0.1, 0.15) is 6.10 Å². The summed E-state index contributed by atoms with van der Waals surface area (Å²) >= 11 is 3.73. The Balaban J connectivity index is 2.03. The Morgan fingerprint density at radius 3 is 2.88 bits per heavy atom. The molecule has 4 atom stereocenters. The summed E-state index contributed by atoms with van der Waals surface area (Å²) in [5.74, 6) is 0.0319. The van der Waals surface area contributed by atoms with Crippen molar-refractivity contribution in [2.24, 2.45) is 10.8 Å². The van der Waals surface area contributed by atoms with E-state index in [9.17, 15) is 4.79 Å². The molecule has 0 radical (unpaired) electrons. The number of hydrogen-bond acceptors (Lipinski definition) is 2. The summed E-state index contributed by atoms with van der Waals surface area (Å²) in [4.78, 5) is 12.1. The van der Waals surface area contributed by atoms with Crippen LogP contribution in [0.2, 0.25) is 0 Å². The lowest BCUT2D eigenvalue weighted by atomic mass is 9.49. The van der Waals surface area contributed by atoms with Crippen LogP contribution in [0.15, 0.2) is 0 Å². The van der Waals surface area contributed by atoms with Crippen LogP contribution in [0.5, 0.6) is 0 Å². The zero-order valence-electron chi connectivity index (χ0n) is 9.80. The van der Waals surface area contributed by atoms with Crippen molar-refractivity contribution in [3.8, 4) is 0 Å². The topological polar surface area (TPSA) is 26.3 Å².